The molecule has 0 saturated carbocycles. The highest BCUT2D eigenvalue weighted by molar-refractivity contribution is 6.00. The molecule has 3 rings (SSSR count). The largest absolute Gasteiger partial charge is 0.366 e. The third kappa shape index (κ3) is 2.69. The number of hydrogen-bond donors (Lipinski definition) is 2. The van der Waals surface area contributed by atoms with Crippen molar-refractivity contribution in [3.8, 4) is 11.1 Å². The molecule has 1 aliphatic rings. The fourth-order valence-electron chi connectivity index (χ4n) is 2.73. The first-order valence-electron chi connectivity index (χ1n) is 7.07. The molecule has 0 aliphatic carbocycles. The van der Waals surface area contributed by atoms with Gasteiger partial charge in [0.05, 0.1) is 5.56 Å². The normalized spacial score (nSPS) is 17.9. The number of nitrogens with zero attached hydrogens (tertiary/aromatic N) is 1. The first kappa shape index (κ1) is 13.8. The summed E-state index contributed by atoms with van der Waals surface area (Å²) >= 11 is 0. The zero-order valence-corrected chi connectivity index (χ0v) is 11.9. The lowest BCUT2D eigenvalue weighted by atomic mass is 10.0. The van der Waals surface area contributed by atoms with Gasteiger partial charge in [-0.15, -0.1) is 0 Å². The van der Waals surface area contributed by atoms with Crippen molar-refractivity contribution < 1.29 is 9.18 Å². The molecule has 2 N–H and O–H groups in total. The zero-order valence-electron chi connectivity index (χ0n) is 11.9. The van der Waals surface area contributed by atoms with E-state index in [2.05, 4.69) is 10.3 Å². The second kappa shape index (κ2) is 5.69. The van der Waals surface area contributed by atoms with E-state index in [0.29, 0.717) is 5.56 Å². The van der Waals surface area contributed by atoms with Gasteiger partial charge in [-0.3, -0.25) is 4.79 Å². The maximum Gasteiger partial charge on any atom is 0.256 e. The molecule has 21 heavy (non-hydrogen) atoms. The second-order valence-corrected chi connectivity index (χ2v) is 5.35. The van der Waals surface area contributed by atoms with E-state index in [1.807, 2.05) is 7.05 Å². The van der Waals surface area contributed by atoms with Crippen molar-refractivity contribution in [3.63, 3.8) is 0 Å². The number of amides is 1. The van der Waals surface area contributed by atoms with Crippen LogP contribution in [0.2, 0.25) is 0 Å². The minimum absolute atomic E-state index is 0.00993. The Hall–Kier alpha value is -2.14. The van der Waals surface area contributed by atoms with Crippen LogP contribution in [0.25, 0.3) is 11.1 Å². The van der Waals surface area contributed by atoms with E-state index in [1.165, 1.54) is 12.1 Å². The Balaban J connectivity index is 1.87. The maximum absolute atomic E-state index is 13.0. The van der Waals surface area contributed by atoms with Gasteiger partial charge in [-0.05, 0) is 30.7 Å². The van der Waals surface area contributed by atoms with Crippen molar-refractivity contribution in [1.29, 1.82) is 0 Å². The lowest BCUT2D eigenvalue weighted by Crippen LogP contribution is -2.38. The SMILES string of the molecule is CN(C(=O)c1c[nH]cc1-c1ccc(F)cc1)C1CCNC1. The van der Waals surface area contributed by atoms with E-state index in [4.69, 9.17) is 0 Å². The number of carbonyl (C=O) groups is 1. The summed E-state index contributed by atoms with van der Waals surface area (Å²) in [5.41, 5.74) is 2.26. The number of nitrogens with one attached hydrogen (secondary N) is 2. The topological polar surface area (TPSA) is 48.1 Å². The Morgan fingerprint density at radius 1 is 1.29 bits per heavy atom. The summed E-state index contributed by atoms with van der Waals surface area (Å²) in [5, 5.41) is 3.26. The van der Waals surface area contributed by atoms with Crippen molar-refractivity contribution in [2.75, 3.05) is 20.1 Å². The van der Waals surface area contributed by atoms with Gasteiger partial charge in [0.15, 0.2) is 0 Å². The summed E-state index contributed by atoms with van der Waals surface area (Å²) < 4.78 is 13.0. The van der Waals surface area contributed by atoms with Gasteiger partial charge in [0.25, 0.3) is 5.91 Å². The highest BCUT2D eigenvalue weighted by Crippen LogP contribution is 2.25. The molecule has 110 valence electrons. The predicted octanol–water partition coefficient (Wildman–Crippen LogP) is 2.25. The fraction of sp³-hybridized carbons (Fsp3) is 0.312. The van der Waals surface area contributed by atoms with E-state index in [9.17, 15) is 9.18 Å². The molecule has 5 heteroatoms. The number of hydrogen-bond acceptors (Lipinski definition) is 2. The van der Waals surface area contributed by atoms with Crippen molar-refractivity contribution in [3.05, 3.63) is 48.0 Å². The summed E-state index contributed by atoms with van der Waals surface area (Å²) in [6.07, 6.45) is 4.46. The Kier molecular flexibility index (Phi) is 3.75. The van der Waals surface area contributed by atoms with Gasteiger partial charge in [0.2, 0.25) is 0 Å². The van der Waals surface area contributed by atoms with Crippen LogP contribution in [0.5, 0.6) is 0 Å². The lowest BCUT2D eigenvalue weighted by Gasteiger charge is -2.24. The summed E-state index contributed by atoms with van der Waals surface area (Å²) in [5.74, 6) is -0.291. The molecule has 1 aromatic heterocycles. The lowest BCUT2D eigenvalue weighted by molar-refractivity contribution is 0.0744. The van der Waals surface area contributed by atoms with Crippen LogP contribution in [0.4, 0.5) is 4.39 Å². The van der Waals surface area contributed by atoms with Gasteiger partial charge in [-0.2, -0.15) is 0 Å². The number of halogens is 1. The molecule has 1 fully saturated rings. The smallest absolute Gasteiger partial charge is 0.256 e. The fourth-order valence-corrected chi connectivity index (χ4v) is 2.73. The van der Waals surface area contributed by atoms with E-state index in [-0.39, 0.29) is 17.8 Å². The molecule has 1 saturated heterocycles. The van der Waals surface area contributed by atoms with Gasteiger partial charge in [0, 0.05) is 37.6 Å². The molecule has 1 atom stereocenters. The van der Waals surface area contributed by atoms with Crippen molar-refractivity contribution in [2.45, 2.75) is 12.5 Å². The quantitative estimate of drug-likeness (QED) is 0.909. The number of aromatic nitrogens is 1. The molecule has 2 aromatic rings. The number of aromatic amines is 1. The molecule has 1 aromatic carbocycles. The van der Waals surface area contributed by atoms with Crippen LogP contribution in [-0.4, -0.2) is 42.0 Å². The zero-order chi connectivity index (χ0) is 14.8. The standard InChI is InChI=1S/C16H18FN3O/c1-20(13-6-7-18-8-13)16(21)15-10-19-9-14(15)11-2-4-12(17)5-3-11/h2-5,9-10,13,18-19H,6-8H2,1H3. The Morgan fingerprint density at radius 2 is 2.05 bits per heavy atom. The van der Waals surface area contributed by atoms with E-state index in [0.717, 1.165) is 30.6 Å². The molecule has 4 nitrogen and oxygen atoms in total. The summed E-state index contributed by atoms with van der Waals surface area (Å²) in [6, 6.07) is 6.41. The highest BCUT2D eigenvalue weighted by Gasteiger charge is 2.26. The number of likely N-dealkylation sites (N-methyl/N-ethyl adjacent to an activating group) is 1. The molecule has 1 unspecified atom stereocenters. The second-order valence-electron chi connectivity index (χ2n) is 5.35. The minimum Gasteiger partial charge on any atom is -0.366 e. The van der Waals surface area contributed by atoms with Gasteiger partial charge >= 0.3 is 0 Å². The Labute approximate surface area is 123 Å². The number of benzene rings is 1. The molecular weight excluding hydrogens is 269 g/mol. The molecule has 1 amide bonds. The predicted molar refractivity (Wildman–Crippen MR) is 79.6 cm³/mol. The van der Waals surface area contributed by atoms with E-state index >= 15 is 0 Å². The maximum atomic E-state index is 13.0. The van der Waals surface area contributed by atoms with Crippen LogP contribution in [-0.2, 0) is 0 Å². The summed E-state index contributed by atoms with van der Waals surface area (Å²) in [4.78, 5) is 17.4. The van der Waals surface area contributed by atoms with Gasteiger partial charge in [-0.1, -0.05) is 12.1 Å². The summed E-state index contributed by atoms with van der Waals surface area (Å²) in [6.45, 7) is 1.78. The third-order valence-corrected chi connectivity index (χ3v) is 4.03. The molecule has 0 spiro atoms. The van der Waals surface area contributed by atoms with Crippen LogP contribution in [0.1, 0.15) is 16.8 Å². The molecular formula is C16H18FN3O. The van der Waals surface area contributed by atoms with E-state index in [1.54, 1.807) is 29.4 Å². The van der Waals surface area contributed by atoms with Crippen LogP contribution in [0, 0.1) is 5.82 Å². The monoisotopic (exact) mass is 287 g/mol. The van der Waals surface area contributed by atoms with Crippen LogP contribution in [0.3, 0.4) is 0 Å². The highest BCUT2D eigenvalue weighted by atomic mass is 19.1. The van der Waals surface area contributed by atoms with Crippen LogP contribution < -0.4 is 5.32 Å². The van der Waals surface area contributed by atoms with Gasteiger partial charge in [0.1, 0.15) is 5.82 Å². The first-order valence-corrected chi connectivity index (χ1v) is 7.07. The van der Waals surface area contributed by atoms with E-state index < -0.39 is 0 Å². The first-order chi connectivity index (χ1) is 10.2. The minimum atomic E-state index is -0.281. The number of rotatable bonds is 3. The average molecular weight is 287 g/mol. The van der Waals surface area contributed by atoms with Crippen molar-refractivity contribution in [2.24, 2.45) is 0 Å². The summed E-state index contributed by atoms with van der Waals surface area (Å²) in [7, 11) is 1.83. The van der Waals surface area contributed by atoms with Gasteiger partial charge in [-0.25, -0.2) is 4.39 Å². The van der Waals surface area contributed by atoms with Crippen LogP contribution in [0.15, 0.2) is 36.7 Å². The van der Waals surface area contributed by atoms with Crippen LogP contribution >= 0.6 is 0 Å². The third-order valence-electron chi connectivity index (χ3n) is 4.03. The molecule has 0 radical (unpaired) electrons. The molecule has 1 aliphatic heterocycles. The van der Waals surface area contributed by atoms with Gasteiger partial charge < -0.3 is 15.2 Å². The average Bonchev–Trinajstić information content (AvgIpc) is 3.17. The molecule has 0 bridgehead atoms. The van der Waals surface area contributed by atoms with Crippen molar-refractivity contribution >= 4 is 5.91 Å². The Bertz CT molecular complexity index is 629. The Morgan fingerprint density at radius 3 is 2.71 bits per heavy atom. The number of H-pyrrole nitrogens is 1. The molecule has 2 heterocycles. The number of carbonyl (C=O) groups excluding carboxylic acids is 1. The van der Waals surface area contributed by atoms with Crippen molar-refractivity contribution in [1.82, 2.24) is 15.2 Å².